The lowest BCUT2D eigenvalue weighted by Crippen LogP contribution is -2.53. The van der Waals surface area contributed by atoms with Gasteiger partial charge >= 0.3 is 0 Å². The van der Waals surface area contributed by atoms with E-state index in [-0.39, 0.29) is 37.0 Å². The molecule has 3 unspecified atom stereocenters. The summed E-state index contributed by atoms with van der Waals surface area (Å²) in [5.41, 5.74) is 2.34. The number of rotatable bonds is 6. The molecule has 3 atom stereocenters. The summed E-state index contributed by atoms with van der Waals surface area (Å²) >= 11 is 3.37. The molecular weight excluding hydrogens is 600 g/mol. The number of Topliss-reactive ketones (excluding diaryl/α,β-unsaturated/α-hetero) is 1. The van der Waals surface area contributed by atoms with Gasteiger partial charge < -0.3 is 20.2 Å². The minimum Gasteiger partial charge on any atom is -0.508 e. The number of hydrogen-bond acceptors (Lipinski definition) is 6. The van der Waals surface area contributed by atoms with E-state index in [4.69, 9.17) is 0 Å². The predicted molar refractivity (Wildman–Crippen MR) is 159 cm³/mol. The van der Waals surface area contributed by atoms with Gasteiger partial charge in [0.15, 0.2) is 5.78 Å². The van der Waals surface area contributed by atoms with Gasteiger partial charge in [-0.25, -0.2) is 0 Å². The van der Waals surface area contributed by atoms with E-state index >= 15 is 0 Å². The summed E-state index contributed by atoms with van der Waals surface area (Å²) in [6, 6.07) is 20.0. The third-order valence-corrected chi connectivity index (χ3v) is 8.38. The van der Waals surface area contributed by atoms with Crippen LogP contribution in [0, 0.1) is 0 Å². The van der Waals surface area contributed by atoms with E-state index in [1.807, 2.05) is 6.07 Å². The number of aromatic nitrogens is 1. The molecule has 4 aromatic rings. The number of phenols is 1. The number of nitrogens with zero attached hydrogens (tertiary/aromatic N) is 3. The Morgan fingerprint density at radius 3 is 2.57 bits per heavy atom. The molecule has 0 spiro atoms. The topological polar surface area (TPSA) is 120 Å². The van der Waals surface area contributed by atoms with Gasteiger partial charge in [-0.3, -0.25) is 24.2 Å². The second-order valence-corrected chi connectivity index (χ2v) is 11.5. The first-order chi connectivity index (χ1) is 20.3. The Morgan fingerprint density at radius 2 is 1.79 bits per heavy atom. The zero-order chi connectivity index (χ0) is 29.4. The van der Waals surface area contributed by atoms with Gasteiger partial charge in [0.25, 0.3) is 11.8 Å². The van der Waals surface area contributed by atoms with Crippen LogP contribution in [0.25, 0.3) is 10.9 Å². The molecule has 2 N–H and O–H groups in total. The fourth-order valence-corrected chi connectivity index (χ4v) is 6.25. The summed E-state index contributed by atoms with van der Waals surface area (Å²) in [5.74, 6) is -1.20. The molecular formula is C32H27BrN4O5. The highest BCUT2D eigenvalue weighted by molar-refractivity contribution is 9.10. The Kier molecular flexibility index (Phi) is 7.47. The van der Waals surface area contributed by atoms with E-state index < -0.39 is 29.9 Å². The van der Waals surface area contributed by atoms with Gasteiger partial charge in [-0.15, -0.1) is 0 Å². The van der Waals surface area contributed by atoms with Crippen LogP contribution >= 0.6 is 15.9 Å². The number of amides is 3. The van der Waals surface area contributed by atoms with E-state index in [1.54, 1.807) is 71.8 Å². The smallest absolute Gasteiger partial charge is 0.254 e. The molecule has 0 radical (unpaired) electrons. The van der Waals surface area contributed by atoms with Crippen LogP contribution in [-0.4, -0.2) is 74.6 Å². The Hall–Kier alpha value is -4.57. The van der Waals surface area contributed by atoms with Crippen molar-refractivity contribution in [2.75, 3.05) is 13.1 Å². The van der Waals surface area contributed by atoms with Crippen LogP contribution in [0.3, 0.4) is 0 Å². The van der Waals surface area contributed by atoms with Crippen molar-refractivity contribution in [3.05, 3.63) is 106 Å². The predicted octanol–water partition coefficient (Wildman–Crippen LogP) is 3.74. The average molecular weight is 627 g/mol. The van der Waals surface area contributed by atoms with Crippen LogP contribution in [0.4, 0.5) is 0 Å². The van der Waals surface area contributed by atoms with Crippen LogP contribution in [-0.2, 0) is 16.0 Å². The minimum absolute atomic E-state index is 0.0872. The summed E-state index contributed by atoms with van der Waals surface area (Å²) in [6.45, 7) is 0.195. The molecule has 42 heavy (non-hydrogen) atoms. The lowest BCUT2D eigenvalue weighted by Gasteiger charge is -2.28. The Labute approximate surface area is 250 Å². The van der Waals surface area contributed by atoms with Crippen LogP contribution in [0.5, 0.6) is 5.75 Å². The Morgan fingerprint density at radius 1 is 0.976 bits per heavy atom. The van der Waals surface area contributed by atoms with Gasteiger partial charge in [-0.2, -0.15) is 0 Å². The van der Waals surface area contributed by atoms with Crippen molar-refractivity contribution in [3.8, 4) is 5.75 Å². The summed E-state index contributed by atoms with van der Waals surface area (Å²) in [5, 5.41) is 13.4. The number of hydrogen-bond donors (Lipinski definition) is 2. The molecule has 9 nitrogen and oxygen atoms in total. The standard InChI is InChI=1S/C32H27BrN4O5/c33-23-5-1-3-21(17-23)30(40)35-26(15-19-6-9-24(38)10-7-19)32(42)36-14-12-27-29(36)28(39)18-37(27)31(41)22-8-11-25-20(16-22)4-2-13-34-25/h1-11,13,16-17,26-27,29,38H,12,14-15,18H2,(H,35,40). The molecule has 2 aliphatic heterocycles. The number of ketones is 1. The van der Waals surface area contributed by atoms with Crippen LogP contribution in [0.15, 0.2) is 89.5 Å². The molecule has 2 fully saturated rings. The van der Waals surface area contributed by atoms with Gasteiger partial charge in [-0.05, 0) is 66.6 Å². The Bertz CT molecular complexity index is 1710. The van der Waals surface area contributed by atoms with Crippen molar-refractivity contribution in [1.82, 2.24) is 20.1 Å². The van der Waals surface area contributed by atoms with Crippen molar-refractivity contribution >= 4 is 50.3 Å². The van der Waals surface area contributed by atoms with Gasteiger partial charge in [0.2, 0.25) is 5.91 Å². The van der Waals surface area contributed by atoms with Gasteiger partial charge in [0.1, 0.15) is 17.8 Å². The number of phenolic OH excluding ortho intramolecular Hbond substituents is 1. The number of benzene rings is 3. The van der Waals surface area contributed by atoms with Crippen molar-refractivity contribution < 1.29 is 24.3 Å². The second kappa shape index (κ2) is 11.4. The molecule has 0 saturated carbocycles. The summed E-state index contributed by atoms with van der Waals surface area (Å²) in [7, 11) is 0. The molecule has 3 amide bonds. The second-order valence-electron chi connectivity index (χ2n) is 10.5. The van der Waals surface area contributed by atoms with Crippen LogP contribution in [0.1, 0.15) is 32.7 Å². The van der Waals surface area contributed by atoms with E-state index in [2.05, 4.69) is 26.2 Å². The highest BCUT2D eigenvalue weighted by Gasteiger charge is 2.52. The highest BCUT2D eigenvalue weighted by atomic mass is 79.9. The fourth-order valence-electron chi connectivity index (χ4n) is 5.85. The third-order valence-electron chi connectivity index (χ3n) is 7.88. The van der Waals surface area contributed by atoms with Crippen molar-refractivity contribution in [2.24, 2.45) is 0 Å². The van der Waals surface area contributed by atoms with Gasteiger partial charge in [0.05, 0.1) is 18.1 Å². The van der Waals surface area contributed by atoms with Crippen molar-refractivity contribution in [2.45, 2.75) is 31.0 Å². The minimum atomic E-state index is -0.967. The zero-order valence-corrected chi connectivity index (χ0v) is 24.0. The number of carbonyl (C=O) groups is 4. The average Bonchev–Trinajstić information content (AvgIpc) is 3.58. The van der Waals surface area contributed by atoms with E-state index in [1.165, 1.54) is 17.0 Å². The lowest BCUT2D eigenvalue weighted by atomic mass is 10.0. The van der Waals surface area contributed by atoms with E-state index in [9.17, 15) is 24.3 Å². The first-order valence-corrected chi connectivity index (χ1v) is 14.4. The number of carbonyl (C=O) groups excluding carboxylic acids is 4. The number of likely N-dealkylation sites (tertiary alicyclic amines) is 2. The molecule has 6 rings (SSSR count). The molecule has 10 heteroatoms. The van der Waals surface area contributed by atoms with Crippen LogP contribution in [0.2, 0.25) is 0 Å². The monoisotopic (exact) mass is 626 g/mol. The molecule has 0 bridgehead atoms. The maximum absolute atomic E-state index is 14.0. The third kappa shape index (κ3) is 5.37. The Balaban J connectivity index is 1.24. The van der Waals surface area contributed by atoms with E-state index in [0.29, 0.717) is 17.5 Å². The number of pyridine rings is 1. The van der Waals surface area contributed by atoms with Crippen molar-refractivity contribution in [3.63, 3.8) is 0 Å². The lowest BCUT2D eigenvalue weighted by molar-refractivity contribution is -0.138. The van der Waals surface area contributed by atoms with Crippen LogP contribution < -0.4 is 5.32 Å². The fraction of sp³-hybridized carbons (Fsp3) is 0.219. The first kappa shape index (κ1) is 27.6. The summed E-state index contributed by atoms with van der Waals surface area (Å²) in [4.78, 5) is 61.4. The largest absolute Gasteiger partial charge is 0.508 e. The SMILES string of the molecule is O=C(NC(Cc1ccc(O)cc1)C(=O)N1CCC2C1C(=O)CN2C(=O)c1ccc2ncccc2c1)c1cccc(Br)c1. The number of halogens is 1. The van der Waals surface area contributed by atoms with E-state index in [0.717, 1.165) is 20.9 Å². The number of fused-ring (bicyclic) bond motifs is 2. The molecule has 3 aromatic carbocycles. The maximum Gasteiger partial charge on any atom is 0.254 e. The highest BCUT2D eigenvalue weighted by Crippen LogP contribution is 2.32. The normalized spacial score (nSPS) is 18.6. The molecule has 3 heterocycles. The first-order valence-electron chi connectivity index (χ1n) is 13.6. The van der Waals surface area contributed by atoms with Crippen molar-refractivity contribution in [1.29, 1.82) is 0 Å². The summed E-state index contributed by atoms with van der Waals surface area (Å²) < 4.78 is 0.725. The number of aromatic hydroxyl groups is 1. The van der Waals surface area contributed by atoms with Gasteiger partial charge in [-0.1, -0.05) is 40.2 Å². The maximum atomic E-state index is 14.0. The van der Waals surface area contributed by atoms with Gasteiger partial charge in [0, 0.05) is 40.1 Å². The molecule has 2 aliphatic rings. The molecule has 2 saturated heterocycles. The molecule has 0 aliphatic carbocycles. The summed E-state index contributed by atoms with van der Waals surface area (Å²) in [6.07, 6.45) is 2.30. The molecule has 212 valence electrons. The zero-order valence-electron chi connectivity index (χ0n) is 22.4. The molecule has 1 aromatic heterocycles. The quantitative estimate of drug-likeness (QED) is 0.336. The number of nitrogens with one attached hydrogen (secondary N) is 1.